The highest BCUT2D eigenvalue weighted by atomic mass is 35.5. The lowest BCUT2D eigenvalue weighted by Gasteiger charge is -2.06. The van der Waals surface area contributed by atoms with Crippen LogP contribution in [0.3, 0.4) is 0 Å². The maximum atomic E-state index is 11.5. The Morgan fingerprint density at radius 3 is 2.81 bits per heavy atom. The van der Waals surface area contributed by atoms with Gasteiger partial charge in [-0.3, -0.25) is 4.79 Å². The lowest BCUT2D eigenvalue weighted by molar-refractivity contribution is 0.0524. The van der Waals surface area contributed by atoms with Crippen molar-refractivity contribution in [1.29, 1.82) is 5.26 Å². The van der Waals surface area contributed by atoms with Gasteiger partial charge in [0.05, 0.1) is 23.8 Å². The standard InChI is InChI=1S/C11H8ClNO3/c1-2-16-11(15)9-4-8(12)3-7(5-13)10(9)6-14/h3-4,6H,2H2,1H3. The quantitative estimate of drug-likeness (QED) is 0.597. The monoisotopic (exact) mass is 237 g/mol. The fourth-order valence-electron chi connectivity index (χ4n) is 1.22. The topological polar surface area (TPSA) is 67.2 Å². The van der Waals surface area contributed by atoms with Gasteiger partial charge in [0.25, 0.3) is 0 Å². The minimum Gasteiger partial charge on any atom is -0.462 e. The molecule has 0 saturated heterocycles. The molecule has 1 aromatic rings. The second-order valence-corrected chi connectivity index (χ2v) is 3.30. The zero-order chi connectivity index (χ0) is 12.1. The molecule has 1 aromatic carbocycles. The number of benzene rings is 1. The molecule has 0 fully saturated rings. The number of carbonyl (C=O) groups is 2. The molecule has 1 rings (SSSR count). The normalized spacial score (nSPS) is 9.31. The molecule has 0 radical (unpaired) electrons. The van der Waals surface area contributed by atoms with Crippen molar-refractivity contribution in [1.82, 2.24) is 0 Å². The Kier molecular flexibility index (Phi) is 4.03. The summed E-state index contributed by atoms with van der Waals surface area (Å²) in [6.45, 7) is 1.83. The van der Waals surface area contributed by atoms with E-state index < -0.39 is 5.97 Å². The highest BCUT2D eigenvalue weighted by Gasteiger charge is 2.16. The zero-order valence-electron chi connectivity index (χ0n) is 8.49. The van der Waals surface area contributed by atoms with Crippen molar-refractivity contribution in [3.63, 3.8) is 0 Å². The first kappa shape index (κ1) is 12.2. The Bertz CT molecular complexity index is 477. The van der Waals surface area contributed by atoms with Gasteiger partial charge in [-0.15, -0.1) is 0 Å². The van der Waals surface area contributed by atoms with E-state index in [-0.39, 0.29) is 28.3 Å². The van der Waals surface area contributed by atoms with Crippen LogP contribution in [0.15, 0.2) is 12.1 Å². The number of ether oxygens (including phenoxy) is 1. The Labute approximate surface area is 97.4 Å². The molecule has 5 heteroatoms. The Morgan fingerprint density at radius 1 is 1.62 bits per heavy atom. The molecule has 0 atom stereocenters. The number of hydrogen-bond acceptors (Lipinski definition) is 4. The second-order valence-electron chi connectivity index (χ2n) is 2.86. The third-order valence-corrected chi connectivity index (χ3v) is 2.10. The van der Waals surface area contributed by atoms with Gasteiger partial charge in [0.2, 0.25) is 0 Å². The van der Waals surface area contributed by atoms with E-state index in [1.165, 1.54) is 12.1 Å². The van der Waals surface area contributed by atoms with E-state index in [0.29, 0.717) is 6.29 Å². The van der Waals surface area contributed by atoms with Crippen LogP contribution in [0.1, 0.15) is 33.2 Å². The van der Waals surface area contributed by atoms with Crippen LogP contribution in [0.2, 0.25) is 5.02 Å². The van der Waals surface area contributed by atoms with E-state index in [0.717, 1.165) is 0 Å². The van der Waals surface area contributed by atoms with Crippen molar-refractivity contribution in [2.45, 2.75) is 6.92 Å². The molecule has 0 unspecified atom stereocenters. The highest BCUT2D eigenvalue weighted by Crippen LogP contribution is 2.20. The van der Waals surface area contributed by atoms with E-state index in [2.05, 4.69) is 0 Å². The van der Waals surface area contributed by atoms with Crippen molar-refractivity contribution in [2.24, 2.45) is 0 Å². The average Bonchev–Trinajstić information content (AvgIpc) is 2.28. The van der Waals surface area contributed by atoms with Gasteiger partial charge in [-0.25, -0.2) is 4.79 Å². The summed E-state index contributed by atoms with van der Waals surface area (Å²) < 4.78 is 4.76. The summed E-state index contributed by atoms with van der Waals surface area (Å²) in [5, 5.41) is 9.00. The average molecular weight is 238 g/mol. The molecule has 4 nitrogen and oxygen atoms in total. The van der Waals surface area contributed by atoms with Crippen molar-refractivity contribution in [2.75, 3.05) is 6.61 Å². The predicted molar refractivity (Wildman–Crippen MR) is 57.5 cm³/mol. The van der Waals surface area contributed by atoms with Crippen LogP contribution in [0.4, 0.5) is 0 Å². The number of carbonyl (C=O) groups excluding carboxylic acids is 2. The SMILES string of the molecule is CCOC(=O)c1cc(Cl)cc(C#N)c1C=O. The molecule has 0 heterocycles. The first-order valence-electron chi connectivity index (χ1n) is 4.50. The number of aldehydes is 1. The Morgan fingerprint density at radius 2 is 2.31 bits per heavy atom. The molecule has 0 bridgehead atoms. The molecule has 0 N–H and O–H groups in total. The smallest absolute Gasteiger partial charge is 0.338 e. The molecular weight excluding hydrogens is 230 g/mol. The van der Waals surface area contributed by atoms with E-state index >= 15 is 0 Å². The number of hydrogen-bond donors (Lipinski definition) is 0. The number of halogens is 1. The van der Waals surface area contributed by atoms with Gasteiger partial charge < -0.3 is 4.74 Å². The van der Waals surface area contributed by atoms with Gasteiger partial charge in [-0.1, -0.05) is 11.6 Å². The summed E-state index contributed by atoms with van der Waals surface area (Å²) in [6.07, 6.45) is 0.446. The second kappa shape index (κ2) is 5.29. The third-order valence-electron chi connectivity index (χ3n) is 1.88. The first-order chi connectivity index (χ1) is 7.63. The van der Waals surface area contributed by atoms with Crippen molar-refractivity contribution >= 4 is 23.9 Å². The van der Waals surface area contributed by atoms with Gasteiger partial charge in [0.15, 0.2) is 6.29 Å². The lowest BCUT2D eigenvalue weighted by Crippen LogP contribution is -2.09. The van der Waals surface area contributed by atoms with Gasteiger partial charge >= 0.3 is 5.97 Å². The summed E-state index contributed by atoms with van der Waals surface area (Å²) in [7, 11) is 0. The summed E-state index contributed by atoms with van der Waals surface area (Å²) in [4.78, 5) is 22.3. The van der Waals surface area contributed by atoms with Gasteiger partial charge in [-0.2, -0.15) is 5.26 Å². The van der Waals surface area contributed by atoms with E-state index in [4.69, 9.17) is 21.6 Å². The fourth-order valence-corrected chi connectivity index (χ4v) is 1.43. The number of nitrogens with zero attached hydrogens (tertiary/aromatic N) is 1. The molecule has 0 spiro atoms. The third kappa shape index (κ3) is 2.38. The lowest BCUT2D eigenvalue weighted by atomic mass is 10.0. The maximum Gasteiger partial charge on any atom is 0.338 e. The predicted octanol–water partition coefficient (Wildman–Crippen LogP) is 2.20. The van der Waals surface area contributed by atoms with Crippen LogP contribution >= 0.6 is 11.6 Å². The Hall–Kier alpha value is -1.86. The number of esters is 1. The fraction of sp³-hybridized carbons (Fsp3) is 0.182. The molecule has 0 aliphatic heterocycles. The number of nitriles is 1. The zero-order valence-corrected chi connectivity index (χ0v) is 9.25. The molecule has 0 aliphatic carbocycles. The molecule has 0 aliphatic rings. The van der Waals surface area contributed by atoms with Crippen molar-refractivity contribution < 1.29 is 14.3 Å². The molecule has 82 valence electrons. The molecule has 0 saturated carbocycles. The van der Waals surface area contributed by atoms with Crippen LogP contribution in [-0.4, -0.2) is 18.9 Å². The van der Waals surface area contributed by atoms with Crippen LogP contribution in [0, 0.1) is 11.3 Å². The molecule has 0 amide bonds. The Balaban J connectivity index is 3.37. The van der Waals surface area contributed by atoms with Gasteiger partial charge in [-0.05, 0) is 19.1 Å². The molecular formula is C11H8ClNO3. The summed E-state index contributed by atoms with van der Waals surface area (Å²) in [5.41, 5.74) is 0.0804. The summed E-state index contributed by atoms with van der Waals surface area (Å²) >= 11 is 5.73. The van der Waals surface area contributed by atoms with Crippen molar-refractivity contribution in [3.8, 4) is 6.07 Å². The maximum absolute atomic E-state index is 11.5. The van der Waals surface area contributed by atoms with Crippen LogP contribution < -0.4 is 0 Å². The van der Waals surface area contributed by atoms with Crippen LogP contribution in [-0.2, 0) is 4.74 Å². The van der Waals surface area contributed by atoms with Crippen LogP contribution in [0.5, 0.6) is 0 Å². The summed E-state index contributed by atoms with van der Waals surface area (Å²) in [5.74, 6) is -0.663. The minimum absolute atomic E-state index is 0.00495. The minimum atomic E-state index is -0.663. The largest absolute Gasteiger partial charge is 0.462 e. The van der Waals surface area contributed by atoms with E-state index in [1.807, 2.05) is 0 Å². The first-order valence-corrected chi connectivity index (χ1v) is 4.87. The van der Waals surface area contributed by atoms with E-state index in [1.54, 1.807) is 13.0 Å². The van der Waals surface area contributed by atoms with Gasteiger partial charge in [0, 0.05) is 10.6 Å². The van der Waals surface area contributed by atoms with Gasteiger partial charge in [0.1, 0.15) is 0 Å². The summed E-state index contributed by atoms with van der Waals surface area (Å²) in [6, 6.07) is 4.44. The van der Waals surface area contributed by atoms with Crippen LogP contribution in [0.25, 0.3) is 0 Å². The number of rotatable bonds is 3. The molecule has 16 heavy (non-hydrogen) atoms. The highest BCUT2D eigenvalue weighted by molar-refractivity contribution is 6.31. The van der Waals surface area contributed by atoms with Crippen molar-refractivity contribution in [3.05, 3.63) is 33.8 Å². The molecule has 0 aromatic heterocycles. The van der Waals surface area contributed by atoms with E-state index in [9.17, 15) is 9.59 Å².